The first-order valence-corrected chi connectivity index (χ1v) is 6.67. The van der Waals surface area contributed by atoms with Crippen LogP contribution in [0.2, 0.25) is 0 Å². The Kier molecular flexibility index (Phi) is 5.12. The fraction of sp³-hybridized carbons (Fsp3) is 0.267. The summed E-state index contributed by atoms with van der Waals surface area (Å²) in [6.45, 7) is 12.0. The minimum absolute atomic E-state index is 0.830. The highest BCUT2D eigenvalue weighted by Gasteiger charge is 2.07. The Morgan fingerprint density at radius 2 is 2.00 bits per heavy atom. The van der Waals surface area contributed by atoms with Crippen molar-refractivity contribution in [3.63, 3.8) is 0 Å². The highest BCUT2D eigenvalue weighted by molar-refractivity contribution is 14.1. The summed E-state index contributed by atoms with van der Waals surface area (Å²) in [4.78, 5) is 4.54. The van der Waals surface area contributed by atoms with E-state index in [1.165, 1.54) is 14.7 Å². The average molecular weight is 339 g/mol. The van der Waals surface area contributed by atoms with Gasteiger partial charge in [0, 0.05) is 14.8 Å². The van der Waals surface area contributed by atoms with E-state index < -0.39 is 0 Å². The van der Waals surface area contributed by atoms with Crippen LogP contribution in [0, 0.1) is 10.5 Å². The Hall–Kier alpha value is -0.900. The summed E-state index contributed by atoms with van der Waals surface area (Å²) >= 11 is 2.36. The van der Waals surface area contributed by atoms with Gasteiger partial charge in [-0.05, 0) is 67.5 Å². The molecule has 17 heavy (non-hydrogen) atoms. The predicted octanol–water partition coefficient (Wildman–Crippen LogP) is 4.89. The molecule has 0 spiro atoms. The van der Waals surface area contributed by atoms with Gasteiger partial charge in [0.1, 0.15) is 0 Å². The molecule has 1 aromatic rings. The molecule has 0 bridgehead atoms. The van der Waals surface area contributed by atoms with Gasteiger partial charge in [-0.1, -0.05) is 24.8 Å². The van der Waals surface area contributed by atoms with Crippen LogP contribution < -0.4 is 0 Å². The molecule has 1 rings (SSSR count). The van der Waals surface area contributed by atoms with E-state index in [9.17, 15) is 0 Å². The molecule has 0 aliphatic rings. The van der Waals surface area contributed by atoms with Gasteiger partial charge in [-0.15, -0.1) is 0 Å². The van der Waals surface area contributed by atoms with Crippen LogP contribution in [0.4, 0.5) is 0 Å². The van der Waals surface area contributed by atoms with Crippen molar-refractivity contribution in [1.29, 1.82) is 0 Å². The van der Waals surface area contributed by atoms with Gasteiger partial charge in [0.25, 0.3) is 0 Å². The maximum absolute atomic E-state index is 4.54. The molecule has 90 valence electrons. The van der Waals surface area contributed by atoms with Gasteiger partial charge in [0.15, 0.2) is 0 Å². The monoisotopic (exact) mass is 339 g/mol. The van der Waals surface area contributed by atoms with E-state index in [0.717, 1.165) is 17.0 Å². The predicted molar refractivity (Wildman–Crippen MR) is 84.7 cm³/mol. The largest absolute Gasteiger partial charge is 0.253 e. The van der Waals surface area contributed by atoms with Crippen LogP contribution in [0.3, 0.4) is 0 Å². The minimum atomic E-state index is 0.830. The van der Waals surface area contributed by atoms with Crippen LogP contribution in [-0.4, -0.2) is 5.71 Å². The summed E-state index contributed by atoms with van der Waals surface area (Å²) in [7, 11) is 0. The van der Waals surface area contributed by atoms with Gasteiger partial charge in [0.2, 0.25) is 0 Å². The lowest BCUT2D eigenvalue weighted by Crippen LogP contribution is -2.04. The highest BCUT2D eigenvalue weighted by Crippen LogP contribution is 2.17. The third kappa shape index (κ3) is 3.80. The Bertz CT molecular complexity index is 496. The van der Waals surface area contributed by atoms with Gasteiger partial charge in [-0.2, -0.15) is 0 Å². The number of hydrogen-bond donors (Lipinski definition) is 0. The second-order valence-electron chi connectivity index (χ2n) is 4.13. The molecule has 0 amide bonds. The molecule has 0 heterocycles. The second-order valence-corrected chi connectivity index (χ2v) is 5.29. The Labute approximate surface area is 117 Å². The van der Waals surface area contributed by atoms with Gasteiger partial charge >= 0.3 is 0 Å². The SMILES string of the molecule is C=C(C)/N=C(\C(C)=C/C)c1ccc(C)c(I)c1. The molecule has 0 aliphatic carbocycles. The van der Waals surface area contributed by atoms with Crippen molar-refractivity contribution < 1.29 is 0 Å². The molecule has 0 fully saturated rings. The number of aliphatic imine (C=N–C) groups is 1. The maximum Gasteiger partial charge on any atom is 0.0731 e. The number of rotatable bonds is 3. The van der Waals surface area contributed by atoms with Gasteiger partial charge < -0.3 is 0 Å². The molecule has 0 radical (unpaired) electrons. The maximum atomic E-state index is 4.54. The third-order valence-electron chi connectivity index (χ3n) is 2.55. The summed E-state index contributed by atoms with van der Waals surface area (Å²) in [5.74, 6) is 0. The lowest BCUT2D eigenvalue weighted by atomic mass is 10.0. The Morgan fingerprint density at radius 3 is 2.47 bits per heavy atom. The van der Waals surface area contributed by atoms with Crippen LogP contribution in [0.5, 0.6) is 0 Å². The molecule has 1 nitrogen and oxygen atoms in total. The van der Waals surface area contributed by atoms with Crippen molar-refractivity contribution in [2.24, 2.45) is 4.99 Å². The number of nitrogens with zero attached hydrogens (tertiary/aromatic N) is 1. The fourth-order valence-corrected chi connectivity index (χ4v) is 1.96. The molecule has 0 atom stereocenters. The van der Waals surface area contributed by atoms with E-state index in [-0.39, 0.29) is 0 Å². The quantitative estimate of drug-likeness (QED) is 0.549. The number of allylic oxidation sites excluding steroid dienone is 3. The molecule has 0 aliphatic heterocycles. The van der Waals surface area contributed by atoms with E-state index in [0.29, 0.717) is 0 Å². The molecule has 0 N–H and O–H groups in total. The molecular formula is C15H18IN. The van der Waals surface area contributed by atoms with E-state index in [2.05, 4.69) is 72.3 Å². The number of hydrogen-bond acceptors (Lipinski definition) is 1. The van der Waals surface area contributed by atoms with Gasteiger partial charge in [-0.25, -0.2) is 0 Å². The lowest BCUT2D eigenvalue weighted by molar-refractivity contribution is 1.30. The second kappa shape index (κ2) is 6.15. The molecule has 2 heteroatoms. The number of benzene rings is 1. The van der Waals surface area contributed by atoms with Gasteiger partial charge in [-0.3, -0.25) is 4.99 Å². The third-order valence-corrected chi connectivity index (χ3v) is 3.72. The minimum Gasteiger partial charge on any atom is -0.253 e. The van der Waals surface area contributed by atoms with E-state index >= 15 is 0 Å². The fourth-order valence-electron chi connectivity index (χ4n) is 1.45. The lowest BCUT2D eigenvalue weighted by Gasteiger charge is -2.09. The number of aryl methyl sites for hydroxylation is 1. The molecular weight excluding hydrogens is 321 g/mol. The van der Waals surface area contributed by atoms with Crippen molar-refractivity contribution in [3.8, 4) is 0 Å². The summed E-state index contributed by atoms with van der Waals surface area (Å²) in [6.07, 6.45) is 2.08. The zero-order valence-corrected chi connectivity index (χ0v) is 13.0. The van der Waals surface area contributed by atoms with Crippen LogP contribution >= 0.6 is 22.6 Å². The Balaban J connectivity index is 3.33. The number of halogens is 1. The van der Waals surface area contributed by atoms with Crippen LogP contribution in [0.25, 0.3) is 0 Å². The molecule has 0 saturated heterocycles. The first-order valence-electron chi connectivity index (χ1n) is 5.59. The van der Waals surface area contributed by atoms with Crippen LogP contribution in [0.15, 0.2) is 47.1 Å². The molecule has 0 unspecified atom stereocenters. The molecule has 1 aromatic carbocycles. The standard InChI is InChI=1S/C15H18IN/c1-6-11(4)15(17-10(2)3)13-8-7-12(5)14(16)9-13/h6-9H,2H2,1,3-5H3/b11-6-,17-15+. The topological polar surface area (TPSA) is 12.4 Å². The normalized spacial score (nSPS) is 12.8. The molecule has 0 saturated carbocycles. The summed E-state index contributed by atoms with van der Waals surface area (Å²) in [5, 5.41) is 0. The zero-order valence-electron chi connectivity index (χ0n) is 10.8. The van der Waals surface area contributed by atoms with Crippen LogP contribution in [0.1, 0.15) is 31.9 Å². The van der Waals surface area contributed by atoms with Crippen LogP contribution in [-0.2, 0) is 0 Å². The average Bonchev–Trinajstić information content (AvgIpc) is 2.28. The van der Waals surface area contributed by atoms with E-state index in [1.54, 1.807) is 0 Å². The molecule has 0 aromatic heterocycles. The van der Waals surface area contributed by atoms with Crippen molar-refractivity contribution in [1.82, 2.24) is 0 Å². The zero-order chi connectivity index (χ0) is 13.0. The highest BCUT2D eigenvalue weighted by atomic mass is 127. The Morgan fingerprint density at radius 1 is 1.35 bits per heavy atom. The van der Waals surface area contributed by atoms with Crippen molar-refractivity contribution in [2.75, 3.05) is 0 Å². The summed E-state index contributed by atoms with van der Waals surface area (Å²) < 4.78 is 1.26. The van der Waals surface area contributed by atoms with E-state index in [1.807, 2.05) is 13.8 Å². The first-order chi connectivity index (χ1) is 7.95. The van der Waals surface area contributed by atoms with Gasteiger partial charge in [0.05, 0.1) is 5.71 Å². The first kappa shape index (κ1) is 14.2. The smallest absolute Gasteiger partial charge is 0.0731 e. The van der Waals surface area contributed by atoms with Crippen molar-refractivity contribution >= 4 is 28.3 Å². The summed E-state index contributed by atoms with van der Waals surface area (Å²) in [6, 6.07) is 6.42. The van der Waals surface area contributed by atoms with Crippen molar-refractivity contribution in [3.05, 3.63) is 56.8 Å². The summed E-state index contributed by atoms with van der Waals surface area (Å²) in [5.41, 5.74) is 5.46. The van der Waals surface area contributed by atoms with E-state index in [4.69, 9.17) is 0 Å². The van der Waals surface area contributed by atoms with Crippen molar-refractivity contribution in [2.45, 2.75) is 27.7 Å².